The minimum atomic E-state index is 0.552. The SMILES string of the molecule is COCCNCC1(CC2CSc3ccccc32)CCC1. The zero-order valence-corrected chi connectivity index (χ0v) is 13.2. The molecule has 1 atom stereocenters. The van der Waals surface area contributed by atoms with Gasteiger partial charge in [0.25, 0.3) is 0 Å². The Balaban J connectivity index is 1.58. The largest absolute Gasteiger partial charge is 0.383 e. The summed E-state index contributed by atoms with van der Waals surface area (Å²) in [5, 5.41) is 3.60. The number of benzene rings is 1. The molecule has 1 saturated carbocycles. The monoisotopic (exact) mass is 291 g/mol. The number of rotatable bonds is 7. The molecule has 1 aromatic carbocycles. The molecule has 3 heteroatoms. The van der Waals surface area contributed by atoms with Gasteiger partial charge in [0.05, 0.1) is 6.61 Å². The van der Waals surface area contributed by atoms with Crippen LogP contribution in [0, 0.1) is 5.41 Å². The normalized spacial score (nSPS) is 23.4. The highest BCUT2D eigenvalue weighted by atomic mass is 32.2. The van der Waals surface area contributed by atoms with Crippen molar-refractivity contribution in [1.29, 1.82) is 0 Å². The molecular formula is C17H25NOS. The van der Waals surface area contributed by atoms with E-state index in [0.29, 0.717) is 5.41 Å². The molecule has 3 rings (SSSR count). The second kappa shape index (κ2) is 6.50. The molecule has 1 fully saturated rings. The van der Waals surface area contributed by atoms with E-state index in [1.54, 1.807) is 12.7 Å². The van der Waals surface area contributed by atoms with Crippen LogP contribution in [-0.4, -0.2) is 32.6 Å². The van der Waals surface area contributed by atoms with Gasteiger partial charge in [0, 0.05) is 30.8 Å². The molecule has 0 saturated heterocycles. The first-order valence-corrected chi connectivity index (χ1v) is 8.73. The van der Waals surface area contributed by atoms with Crippen LogP contribution in [0.3, 0.4) is 0 Å². The Hall–Kier alpha value is -0.510. The molecule has 0 spiro atoms. The van der Waals surface area contributed by atoms with Crippen LogP contribution >= 0.6 is 11.8 Å². The summed E-state index contributed by atoms with van der Waals surface area (Å²) in [5.74, 6) is 2.04. The molecule has 110 valence electrons. The molecule has 2 aliphatic rings. The number of nitrogens with one attached hydrogen (secondary N) is 1. The zero-order chi connectivity index (χ0) is 13.8. The van der Waals surface area contributed by atoms with Crippen molar-refractivity contribution in [1.82, 2.24) is 5.32 Å². The molecule has 0 bridgehead atoms. The third kappa shape index (κ3) is 3.05. The van der Waals surface area contributed by atoms with Crippen molar-refractivity contribution in [2.24, 2.45) is 5.41 Å². The number of hydrogen-bond acceptors (Lipinski definition) is 3. The standard InChI is InChI=1S/C17H25NOS/c1-19-10-9-18-13-17(7-4-8-17)11-14-12-20-16-6-3-2-5-15(14)16/h2-3,5-6,14,18H,4,7-13H2,1H3. The highest BCUT2D eigenvalue weighted by Gasteiger charge is 2.40. The van der Waals surface area contributed by atoms with Crippen LogP contribution in [0.4, 0.5) is 0 Å². The molecular weight excluding hydrogens is 266 g/mol. The molecule has 0 aromatic heterocycles. The highest BCUT2D eigenvalue weighted by molar-refractivity contribution is 7.99. The molecule has 2 nitrogen and oxygen atoms in total. The number of ether oxygens (including phenoxy) is 1. The average molecular weight is 291 g/mol. The summed E-state index contributed by atoms with van der Waals surface area (Å²) in [6.45, 7) is 2.96. The van der Waals surface area contributed by atoms with Crippen molar-refractivity contribution >= 4 is 11.8 Å². The highest BCUT2D eigenvalue weighted by Crippen LogP contribution is 2.51. The average Bonchev–Trinajstić information content (AvgIpc) is 2.84. The molecule has 1 aliphatic heterocycles. The van der Waals surface area contributed by atoms with E-state index >= 15 is 0 Å². The summed E-state index contributed by atoms with van der Waals surface area (Å²) in [6, 6.07) is 8.98. The van der Waals surface area contributed by atoms with Gasteiger partial charge in [0.15, 0.2) is 0 Å². The zero-order valence-electron chi connectivity index (χ0n) is 12.4. The van der Waals surface area contributed by atoms with Crippen molar-refractivity contribution in [2.75, 3.05) is 32.6 Å². The van der Waals surface area contributed by atoms with Crippen LogP contribution in [-0.2, 0) is 4.74 Å². The summed E-state index contributed by atoms with van der Waals surface area (Å²) < 4.78 is 5.12. The smallest absolute Gasteiger partial charge is 0.0587 e. The van der Waals surface area contributed by atoms with E-state index < -0.39 is 0 Å². The van der Waals surface area contributed by atoms with Gasteiger partial charge >= 0.3 is 0 Å². The third-order valence-electron chi connectivity index (χ3n) is 4.88. The number of methoxy groups -OCH3 is 1. The van der Waals surface area contributed by atoms with E-state index in [0.717, 1.165) is 19.1 Å². The molecule has 1 aliphatic carbocycles. The minimum absolute atomic E-state index is 0.552. The van der Waals surface area contributed by atoms with Gasteiger partial charge in [-0.05, 0) is 42.2 Å². The van der Waals surface area contributed by atoms with Gasteiger partial charge in [-0.2, -0.15) is 0 Å². The summed E-state index contributed by atoms with van der Waals surface area (Å²) >= 11 is 2.04. The van der Waals surface area contributed by atoms with Crippen LogP contribution in [0.1, 0.15) is 37.2 Å². The molecule has 0 radical (unpaired) electrons. The molecule has 1 unspecified atom stereocenters. The van der Waals surface area contributed by atoms with Gasteiger partial charge in [-0.15, -0.1) is 11.8 Å². The Morgan fingerprint density at radius 3 is 2.95 bits per heavy atom. The van der Waals surface area contributed by atoms with E-state index in [1.165, 1.54) is 42.9 Å². The lowest BCUT2D eigenvalue weighted by Crippen LogP contribution is -2.42. The first-order chi connectivity index (χ1) is 9.83. The maximum Gasteiger partial charge on any atom is 0.0587 e. The fourth-order valence-electron chi connectivity index (χ4n) is 3.58. The summed E-state index contributed by atoms with van der Waals surface area (Å²) in [6.07, 6.45) is 5.57. The van der Waals surface area contributed by atoms with Gasteiger partial charge in [0.2, 0.25) is 0 Å². The van der Waals surface area contributed by atoms with E-state index in [2.05, 4.69) is 29.6 Å². The number of hydrogen-bond donors (Lipinski definition) is 1. The van der Waals surface area contributed by atoms with E-state index in [9.17, 15) is 0 Å². The van der Waals surface area contributed by atoms with Crippen LogP contribution in [0.2, 0.25) is 0 Å². The van der Waals surface area contributed by atoms with E-state index in [4.69, 9.17) is 4.74 Å². The summed E-state index contributed by atoms with van der Waals surface area (Å²) in [5.41, 5.74) is 2.15. The Morgan fingerprint density at radius 1 is 1.35 bits per heavy atom. The van der Waals surface area contributed by atoms with Crippen molar-refractivity contribution in [2.45, 2.75) is 36.5 Å². The van der Waals surface area contributed by atoms with Gasteiger partial charge < -0.3 is 10.1 Å². The number of thioether (sulfide) groups is 1. The van der Waals surface area contributed by atoms with Crippen molar-refractivity contribution in [3.63, 3.8) is 0 Å². The predicted octanol–water partition coefficient (Wildman–Crippen LogP) is 3.67. The van der Waals surface area contributed by atoms with Crippen LogP contribution in [0.15, 0.2) is 29.2 Å². The maximum absolute atomic E-state index is 5.12. The Bertz CT molecular complexity index is 444. The van der Waals surface area contributed by atoms with Crippen molar-refractivity contribution in [3.05, 3.63) is 29.8 Å². The maximum atomic E-state index is 5.12. The van der Waals surface area contributed by atoms with Crippen LogP contribution in [0.25, 0.3) is 0 Å². The quantitative estimate of drug-likeness (QED) is 0.775. The van der Waals surface area contributed by atoms with Gasteiger partial charge in [0.1, 0.15) is 0 Å². The fraction of sp³-hybridized carbons (Fsp3) is 0.647. The lowest BCUT2D eigenvalue weighted by molar-refractivity contribution is 0.104. The predicted molar refractivity (Wildman–Crippen MR) is 85.6 cm³/mol. The topological polar surface area (TPSA) is 21.3 Å². The third-order valence-corrected chi connectivity index (χ3v) is 6.13. The lowest BCUT2D eigenvalue weighted by atomic mass is 9.63. The van der Waals surface area contributed by atoms with Gasteiger partial charge in [-0.3, -0.25) is 0 Å². The minimum Gasteiger partial charge on any atom is -0.383 e. The molecule has 1 heterocycles. The molecule has 0 amide bonds. The second-order valence-electron chi connectivity index (χ2n) is 6.27. The van der Waals surface area contributed by atoms with Crippen LogP contribution < -0.4 is 5.32 Å². The first-order valence-electron chi connectivity index (χ1n) is 7.74. The van der Waals surface area contributed by atoms with Crippen molar-refractivity contribution < 1.29 is 4.74 Å². The Kier molecular flexibility index (Phi) is 4.69. The first kappa shape index (κ1) is 14.4. The van der Waals surface area contributed by atoms with Crippen molar-refractivity contribution in [3.8, 4) is 0 Å². The lowest BCUT2D eigenvalue weighted by Gasteiger charge is -2.44. The fourth-order valence-corrected chi connectivity index (χ4v) is 4.83. The molecule has 1 aromatic rings. The van der Waals surface area contributed by atoms with Gasteiger partial charge in [-0.25, -0.2) is 0 Å². The van der Waals surface area contributed by atoms with Crippen LogP contribution in [0.5, 0.6) is 0 Å². The van der Waals surface area contributed by atoms with E-state index in [-0.39, 0.29) is 0 Å². The van der Waals surface area contributed by atoms with E-state index in [1.807, 2.05) is 11.8 Å². The second-order valence-corrected chi connectivity index (χ2v) is 7.33. The van der Waals surface area contributed by atoms with Gasteiger partial charge in [-0.1, -0.05) is 24.6 Å². The summed E-state index contributed by atoms with van der Waals surface area (Å²) in [4.78, 5) is 1.51. The summed E-state index contributed by atoms with van der Waals surface area (Å²) in [7, 11) is 1.77. The Labute approximate surface area is 126 Å². The molecule has 1 N–H and O–H groups in total. The number of fused-ring (bicyclic) bond motifs is 1. The Morgan fingerprint density at radius 2 is 2.20 bits per heavy atom. The molecule has 20 heavy (non-hydrogen) atoms.